The molecule has 7 heteroatoms. The van der Waals surface area contributed by atoms with E-state index in [0.29, 0.717) is 6.42 Å². The molecule has 104 valence electrons. The lowest BCUT2D eigenvalue weighted by molar-refractivity contribution is 0.102. The maximum atomic E-state index is 12.9. The number of aryl methyl sites for hydroxylation is 2. The van der Waals surface area contributed by atoms with Gasteiger partial charge in [-0.05, 0) is 18.9 Å². The molecule has 20 heavy (non-hydrogen) atoms. The molecular formula is C13H14FN5O. The van der Waals surface area contributed by atoms with Gasteiger partial charge in [0.05, 0.1) is 11.4 Å². The van der Waals surface area contributed by atoms with Crippen LogP contribution in [0.3, 0.4) is 0 Å². The third kappa shape index (κ3) is 3.11. The van der Waals surface area contributed by atoms with Crippen LogP contribution in [0.15, 0.2) is 18.3 Å². The van der Waals surface area contributed by atoms with Gasteiger partial charge in [0.15, 0.2) is 0 Å². The molecule has 1 N–H and O–H groups in total. The molecule has 6 nitrogen and oxygen atoms in total. The number of nitrogens with zero attached hydrogens (tertiary/aromatic N) is 4. The molecule has 0 unspecified atom stereocenters. The zero-order valence-corrected chi connectivity index (χ0v) is 11.2. The number of anilines is 1. The van der Waals surface area contributed by atoms with Gasteiger partial charge in [-0.2, -0.15) is 4.39 Å². The van der Waals surface area contributed by atoms with E-state index in [4.69, 9.17) is 0 Å². The van der Waals surface area contributed by atoms with Crippen molar-refractivity contribution in [1.29, 1.82) is 0 Å². The smallest absolute Gasteiger partial charge is 0.258 e. The third-order valence-corrected chi connectivity index (χ3v) is 2.72. The van der Waals surface area contributed by atoms with Gasteiger partial charge in [0.25, 0.3) is 5.91 Å². The van der Waals surface area contributed by atoms with E-state index in [2.05, 4.69) is 25.5 Å². The van der Waals surface area contributed by atoms with Gasteiger partial charge < -0.3 is 0 Å². The first-order valence-electron chi connectivity index (χ1n) is 6.29. The van der Waals surface area contributed by atoms with Gasteiger partial charge in [0, 0.05) is 17.8 Å². The van der Waals surface area contributed by atoms with Crippen molar-refractivity contribution in [3.63, 3.8) is 0 Å². The molecule has 0 saturated carbocycles. The molecule has 0 aliphatic heterocycles. The maximum Gasteiger partial charge on any atom is 0.258 e. The fourth-order valence-corrected chi connectivity index (χ4v) is 1.71. The monoisotopic (exact) mass is 275 g/mol. The SMILES string of the molecule is CCc1nnc(NC(=O)c2ccnc(F)c2)nc1CC. The summed E-state index contributed by atoms with van der Waals surface area (Å²) >= 11 is 0. The van der Waals surface area contributed by atoms with Crippen molar-refractivity contribution in [2.45, 2.75) is 26.7 Å². The summed E-state index contributed by atoms with van der Waals surface area (Å²) in [6, 6.07) is 2.46. The van der Waals surface area contributed by atoms with Crippen LogP contribution in [-0.2, 0) is 12.8 Å². The lowest BCUT2D eigenvalue weighted by atomic mass is 10.2. The topological polar surface area (TPSA) is 80.7 Å². The third-order valence-electron chi connectivity index (χ3n) is 2.72. The molecular weight excluding hydrogens is 261 g/mol. The number of halogens is 1. The molecule has 0 bridgehead atoms. The van der Waals surface area contributed by atoms with Crippen molar-refractivity contribution < 1.29 is 9.18 Å². The Morgan fingerprint density at radius 3 is 2.65 bits per heavy atom. The molecule has 2 rings (SSSR count). The first-order chi connectivity index (χ1) is 9.63. The summed E-state index contributed by atoms with van der Waals surface area (Å²) < 4.78 is 12.9. The molecule has 0 radical (unpaired) electrons. The van der Waals surface area contributed by atoms with Crippen molar-refractivity contribution >= 4 is 11.9 Å². The number of hydrogen-bond donors (Lipinski definition) is 1. The standard InChI is InChI=1S/C13H14FN5O/c1-3-9-10(4-2)18-19-13(16-9)17-12(20)8-5-6-15-11(14)7-8/h5-7H,3-4H2,1-2H3,(H,16,17,19,20). The number of amides is 1. The summed E-state index contributed by atoms with van der Waals surface area (Å²) in [5, 5.41) is 10.4. The Bertz CT molecular complexity index is 632. The average Bonchev–Trinajstić information content (AvgIpc) is 2.47. The summed E-state index contributed by atoms with van der Waals surface area (Å²) in [5.41, 5.74) is 1.75. The average molecular weight is 275 g/mol. The summed E-state index contributed by atoms with van der Waals surface area (Å²) in [4.78, 5) is 19.5. The van der Waals surface area contributed by atoms with E-state index in [1.54, 1.807) is 0 Å². The van der Waals surface area contributed by atoms with Gasteiger partial charge >= 0.3 is 0 Å². The minimum atomic E-state index is -0.715. The number of pyridine rings is 1. The van der Waals surface area contributed by atoms with E-state index >= 15 is 0 Å². The molecule has 2 heterocycles. The Morgan fingerprint density at radius 2 is 2.00 bits per heavy atom. The van der Waals surface area contributed by atoms with Crippen molar-refractivity contribution in [1.82, 2.24) is 20.2 Å². The van der Waals surface area contributed by atoms with Crippen molar-refractivity contribution in [2.75, 3.05) is 5.32 Å². The summed E-state index contributed by atoms with van der Waals surface area (Å²) in [7, 11) is 0. The van der Waals surface area contributed by atoms with E-state index in [1.807, 2.05) is 13.8 Å². The summed E-state index contributed by atoms with van der Waals surface area (Å²) in [6.07, 6.45) is 2.65. The van der Waals surface area contributed by atoms with Gasteiger partial charge in [-0.1, -0.05) is 13.8 Å². The Balaban J connectivity index is 2.19. The van der Waals surface area contributed by atoms with E-state index in [9.17, 15) is 9.18 Å². The highest BCUT2D eigenvalue weighted by Gasteiger charge is 2.11. The van der Waals surface area contributed by atoms with Crippen molar-refractivity contribution in [2.24, 2.45) is 0 Å². The Hall–Kier alpha value is -2.44. The summed E-state index contributed by atoms with van der Waals surface area (Å²) in [5.74, 6) is -1.10. The number of hydrogen-bond acceptors (Lipinski definition) is 5. The zero-order valence-electron chi connectivity index (χ0n) is 11.2. The van der Waals surface area contributed by atoms with E-state index in [0.717, 1.165) is 23.9 Å². The normalized spacial score (nSPS) is 10.3. The Labute approximate surface area is 115 Å². The van der Waals surface area contributed by atoms with Crippen molar-refractivity contribution in [3.8, 4) is 0 Å². The second kappa shape index (κ2) is 6.14. The molecule has 0 fully saturated rings. The van der Waals surface area contributed by atoms with Crippen LogP contribution in [0.1, 0.15) is 35.6 Å². The quantitative estimate of drug-likeness (QED) is 0.860. The number of aromatic nitrogens is 4. The summed E-state index contributed by atoms with van der Waals surface area (Å²) in [6.45, 7) is 3.91. The van der Waals surface area contributed by atoms with E-state index in [-0.39, 0.29) is 11.5 Å². The molecule has 0 atom stereocenters. The van der Waals surface area contributed by atoms with Crippen LogP contribution in [0, 0.1) is 5.95 Å². The molecule has 0 spiro atoms. The number of carbonyl (C=O) groups is 1. The number of nitrogens with one attached hydrogen (secondary N) is 1. The largest absolute Gasteiger partial charge is 0.289 e. The highest BCUT2D eigenvalue weighted by atomic mass is 19.1. The highest BCUT2D eigenvalue weighted by Crippen LogP contribution is 2.08. The zero-order chi connectivity index (χ0) is 14.5. The lowest BCUT2D eigenvalue weighted by Gasteiger charge is -2.06. The van der Waals surface area contributed by atoms with Crippen LogP contribution < -0.4 is 5.32 Å². The van der Waals surface area contributed by atoms with Crippen LogP contribution in [0.4, 0.5) is 10.3 Å². The minimum Gasteiger partial charge on any atom is -0.289 e. The fourth-order valence-electron chi connectivity index (χ4n) is 1.71. The molecule has 0 aliphatic carbocycles. The van der Waals surface area contributed by atoms with Crippen LogP contribution >= 0.6 is 0 Å². The van der Waals surface area contributed by atoms with E-state index < -0.39 is 11.9 Å². The molecule has 0 aromatic carbocycles. The second-order valence-corrected chi connectivity index (χ2v) is 4.06. The van der Waals surface area contributed by atoms with Crippen molar-refractivity contribution in [3.05, 3.63) is 41.2 Å². The molecule has 1 amide bonds. The predicted molar refractivity (Wildman–Crippen MR) is 70.7 cm³/mol. The Morgan fingerprint density at radius 1 is 1.25 bits per heavy atom. The predicted octanol–water partition coefficient (Wildman–Crippen LogP) is 1.78. The molecule has 0 saturated heterocycles. The Kier molecular flexibility index (Phi) is 4.29. The van der Waals surface area contributed by atoms with Crippen LogP contribution in [0.2, 0.25) is 0 Å². The van der Waals surface area contributed by atoms with Crippen LogP contribution in [-0.4, -0.2) is 26.1 Å². The molecule has 2 aromatic heterocycles. The highest BCUT2D eigenvalue weighted by molar-refractivity contribution is 6.03. The van der Waals surface area contributed by atoms with Crippen LogP contribution in [0.25, 0.3) is 0 Å². The first-order valence-corrected chi connectivity index (χ1v) is 6.29. The fraction of sp³-hybridized carbons (Fsp3) is 0.308. The van der Waals surface area contributed by atoms with Gasteiger partial charge in [0.1, 0.15) is 0 Å². The van der Waals surface area contributed by atoms with Gasteiger partial charge in [-0.25, -0.2) is 9.97 Å². The molecule has 0 aliphatic rings. The first kappa shape index (κ1) is 14.0. The van der Waals surface area contributed by atoms with E-state index in [1.165, 1.54) is 12.3 Å². The lowest BCUT2D eigenvalue weighted by Crippen LogP contribution is -2.16. The number of carbonyl (C=O) groups excluding carboxylic acids is 1. The van der Waals surface area contributed by atoms with Gasteiger partial charge in [-0.15, -0.1) is 10.2 Å². The van der Waals surface area contributed by atoms with Crippen LogP contribution in [0.5, 0.6) is 0 Å². The minimum absolute atomic E-state index is 0.112. The second-order valence-electron chi connectivity index (χ2n) is 4.06. The van der Waals surface area contributed by atoms with Gasteiger partial charge in [0.2, 0.25) is 11.9 Å². The number of rotatable bonds is 4. The molecule has 2 aromatic rings. The van der Waals surface area contributed by atoms with Gasteiger partial charge in [-0.3, -0.25) is 10.1 Å². The maximum absolute atomic E-state index is 12.9.